The highest BCUT2D eigenvalue weighted by Gasteiger charge is 2.26. The minimum atomic E-state index is -1.32. The molecule has 0 fully saturated rings. The van der Waals surface area contributed by atoms with Crippen molar-refractivity contribution >= 4 is 40.9 Å². The van der Waals surface area contributed by atoms with E-state index < -0.39 is 24.6 Å². The molecule has 0 radical (unpaired) electrons. The first kappa shape index (κ1) is 21.0. The summed E-state index contributed by atoms with van der Waals surface area (Å²) in [4.78, 5) is 35.1. The van der Waals surface area contributed by atoms with Crippen molar-refractivity contribution in [3.63, 3.8) is 0 Å². The van der Waals surface area contributed by atoms with E-state index in [-0.39, 0.29) is 28.7 Å². The number of ketones is 1. The number of carbonyl (C=O) groups excluding carboxylic acids is 3. The first-order chi connectivity index (χ1) is 11.7. The van der Waals surface area contributed by atoms with E-state index in [2.05, 4.69) is 0 Å². The van der Waals surface area contributed by atoms with E-state index in [1.54, 1.807) is 13.0 Å². The summed E-state index contributed by atoms with van der Waals surface area (Å²) in [6, 6.07) is 4.52. The standard InChI is InChI=1S/C17H18Cl2O6/c1-4-23-17(22)16(10(2)7-11(3)20)25-15(21)9-24-14-6-5-12(18)8-13(14)19/h5-8,16H,4,9H2,1-3H3/b10-7+. The number of carbonyl (C=O) groups is 3. The molecule has 0 aromatic heterocycles. The van der Waals surface area contributed by atoms with Gasteiger partial charge in [0.1, 0.15) is 5.75 Å². The van der Waals surface area contributed by atoms with Crippen molar-refractivity contribution < 1.29 is 28.6 Å². The van der Waals surface area contributed by atoms with Crippen LogP contribution in [0.25, 0.3) is 0 Å². The molecule has 1 rings (SSSR count). The predicted octanol–water partition coefficient (Wildman–Crippen LogP) is 3.38. The molecule has 6 nitrogen and oxygen atoms in total. The van der Waals surface area contributed by atoms with Gasteiger partial charge >= 0.3 is 11.9 Å². The molecule has 0 amide bonds. The van der Waals surface area contributed by atoms with Crippen LogP contribution in [0.15, 0.2) is 29.8 Å². The lowest BCUT2D eigenvalue weighted by Gasteiger charge is -2.17. The first-order valence-electron chi connectivity index (χ1n) is 7.37. The van der Waals surface area contributed by atoms with Crippen LogP contribution in [-0.4, -0.2) is 37.0 Å². The summed E-state index contributed by atoms with van der Waals surface area (Å²) in [5.41, 5.74) is 0.254. The average Bonchev–Trinajstić information content (AvgIpc) is 2.51. The third kappa shape index (κ3) is 7.15. The van der Waals surface area contributed by atoms with Crippen LogP contribution in [0.2, 0.25) is 10.0 Å². The monoisotopic (exact) mass is 388 g/mol. The van der Waals surface area contributed by atoms with E-state index in [9.17, 15) is 14.4 Å². The Morgan fingerprint density at radius 2 is 1.88 bits per heavy atom. The lowest BCUT2D eigenvalue weighted by molar-refractivity contribution is -0.166. The highest BCUT2D eigenvalue weighted by molar-refractivity contribution is 6.35. The van der Waals surface area contributed by atoms with Gasteiger partial charge in [0.25, 0.3) is 0 Å². The molecular formula is C17H18Cl2O6. The molecule has 1 aromatic carbocycles. The molecule has 1 unspecified atom stereocenters. The van der Waals surface area contributed by atoms with E-state index in [4.69, 9.17) is 37.4 Å². The number of hydrogen-bond donors (Lipinski definition) is 0. The van der Waals surface area contributed by atoms with Gasteiger partial charge in [0.2, 0.25) is 6.10 Å². The Balaban J connectivity index is 2.77. The maximum Gasteiger partial charge on any atom is 0.351 e. The number of rotatable bonds is 8. The lowest BCUT2D eigenvalue weighted by atomic mass is 10.1. The molecule has 136 valence electrons. The number of allylic oxidation sites excluding steroid dienone is 1. The number of ether oxygens (including phenoxy) is 3. The summed E-state index contributed by atoms with van der Waals surface area (Å²) in [5, 5.41) is 0.655. The van der Waals surface area contributed by atoms with Crippen molar-refractivity contribution in [2.75, 3.05) is 13.2 Å². The normalized spacial score (nSPS) is 12.3. The van der Waals surface area contributed by atoms with Crippen LogP contribution < -0.4 is 4.74 Å². The SMILES string of the molecule is CCOC(=O)C(OC(=O)COc1ccc(Cl)cc1Cl)/C(C)=C/C(C)=O. The zero-order valence-corrected chi connectivity index (χ0v) is 15.5. The molecule has 0 aliphatic rings. The Morgan fingerprint density at radius 3 is 2.44 bits per heavy atom. The van der Waals surface area contributed by atoms with Gasteiger partial charge in [0.05, 0.1) is 11.6 Å². The summed E-state index contributed by atoms with van der Waals surface area (Å²) in [5.74, 6) is -1.63. The highest BCUT2D eigenvalue weighted by Crippen LogP contribution is 2.27. The molecule has 0 N–H and O–H groups in total. The molecular weight excluding hydrogens is 371 g/mol. The van der Waals surface area contributed by atoms with Crippen LogP contribution >= 0.6 is 23.2 Å². The third-order valence-corrected chi connectivity index (χ3v) is 3.36. The van der Waals surface area contributed by atoms with E-state index in [1.807, 2.05) is 0 Å². The Hall–Kier alpha value is -2.05. The fourth-order valence-corrected chi connectivity index (χ4v) is 2.30. The van der Waals surface area contributed by atoms with Gasteiger partial charge in [-0.15, -0.1) is 0 Å². The second-order valence-electron chi connectivity index (χ2n) is 4.98. The summed E-state index contributed by atoms with van der Waals surface area (Å²) >= 11 is 11.7. The van der Waals surface area contributed by atoms with Gasteiger partial charge in [-0.1, -0.05) is 23.2 Å². The zero-order chi connectivity index (χ0) is 19.0. The average molecular weight is 389 g/mol. The molecule has 0 bridgehead atoms. The molecule has 0 heterocycles. The van der Waals surface area contributed by atoms with Gasteiger partial charge in [-0.2, -0.15) is 0 Å². The lowest BCUT2D eigenvalue weighted by Crippen LogP contribution is -2.32. The third-order valence-electron chi connectivity index (χ3n) is 2.83. The van der Waals surface area contributed by atoms with Gasteiger partial charge in [-0.25, -0.2) is 9.59 Å². The maximum atomic E-state index is 12.0. The molecule has 1 aromatic rings. The van der Waals surface area contributed by atoms with Gasteiger partial charge in [-0.3, -0.25) is 4.79 Å². The van der Waals surface area contributed by atoms with Crippen LogP contribution in [0.4, 0.5) is 0 Å². The van der Waals surface area contributed by atoms with Crippen LogP contribution in [-0.2, 0) is 23.9 Å². The van der Waals surface area contributed by atoms with E-state index in [0.29, 0.717) is 5.02 Å². The number of esters is 2. The maximum absolute atomic E-state index is 12.0. The highest BCUT2D eigenvalue weighted by atomic mass is 35.5. The molecule has 0 spiro atoms. The van der Waals surface area contributed by atoms with E-state index in [0.717, 1.165) is 0 Å². The largest absolute Gasteiger partial charge is 0.480 e. The van der Waals surface area contributed by atoms with E-state index in [1.165, 1.54) is 32.1 Å². The second kappa shape index (κ2) is 10.1. The Bertz CT molecular complexity index is 684. The number of benzene rings is 1. The Labute approximate surface area is 155 Å². The van der Waals surface area contributed by atoms with Crippen LogP contribution in [0, 0.1) is 0 Å². The van der Waals surface area contributed by atoms with Gasteiger partial charge < -0.3 is 14.2 Å². The van der Waals surface area contributed by atoms with Gasteiger partial charge in [0, 0.05) is 5.02 Å². The quantitative estimate of drug-likeness (QED) is 0.501. The van der Waals surface area contributed by atoms with Crippen LogP contribution in [0.1, 0.15) is 20.8 Å². The fourth-order valence-electron chi connectivity index (χ4n) is 1.84. The first-order valence-corrected chi connectivity index (χ1v) is 8.13. The Kier molecular flexibility index (Phi) is 8.45. The summed E-state index contributed by atoms with van der Waals surface area (Å²) in [6.45, 7) is 4.06. The topological polar surface area (TPSA) is 78.9 Å². The number of halogens is 2. The van der Waals surface area contributed by atoms with Crippen LogP contribution in [0.3, 0.4) is 0 Å². The summed E-state index contributed by atoms with van der Waals surface area (Å²) < 4.78 is 15.2. The predicted molar refractivity (Wildman–Crippen MR) is 92.9 cm³/mol. The van der Waals surface area contributed by atoms with Crippen molar-refractivity contribution in [3.8, 4) is 5.75 Å². The van der Waals surface area contributed by atoms with Crippen molar-refractivity contribution in [3.05, 3.63) is 39.9 Å². The van der Waals surface area contributed by atoms with Gasteiger partial charge in [-0.05, 0) is 50.6 Å². The van der Waals surface area contributed by atoms with Crippen molar-refractivity contribution in [1.82, 2.24) is 0 Å². The number of hydrogen-bond acceptors (Lipinski definition) is 6. The molecule has 0 aliphatic heterocycles. The van der Waals surface area contributed by atoms with E-state index >= 15 is 0 Å². The van der Waals surface area contributed by atoms with Crippen molar-refractivity contribution in [2.45, 2.75) is 26.9 Å². The minimum absolute atomic E-state index is 0.108. The van der Waals surface area contributed by atoms with Crippen LogP contribution in [0.5, 0.6) is 5.75 Å². The molecule has 0 saturated carbocycles. The summed E-state index contributed by atoms with van der Waals surface area (Å²) in [7, 11) is 0. The molecule has 1 atom stereocenters. The molecule has 0 saturated heterocycles. The molecule has 25 heavy (non-hydrogen) atoms. The molecule has 8 heteroatoms. The fraction of sp³-hybridized carbons (Fsp3) is 0.353. The Morgan fingerprint density at radius 1 is 1.20 bits per heavy atom. The molecule has 0 aliphatic carbocycles. The second-order valence-corrected chi connectivity index (χ2v) is 5.83. The zero-order valence-electron chi connectivity index (χ0n) is 14.0. The van der Waals surface area contributed by atoms with Crippen molar-refractivity contribution in [2.24, 2.45) is 0 Å². The smallest absolute Gasteiger partial charge is 0.351 e. The summed E-state index contributed by atoms with van der Waals surface area (Å²) in [6.07, 6.45) is -0.119. The van der Waals surface area contributed by atoms with Crippen molar-refractivity contribution in [1.29, 1.82) is 0 Å². The van der Waals surface area contributed by atoms with Gasteiger partial charge in [0.15, 0.2) is 12.4 Å². The minimum Gasteiger partial charge on any atom is -0.480 e.